The number of carbonyl (C=O) groups excluding carboxylic acids is 2. The minimum Gasteiger partial charge on any atom is -0.494 e. The summed E-state index contributed by atoms with van der Waals surface area (Å²) in [6.07, 6.45) is 2.88. The number of pyridine rings is 1. The standard InChI is InChI=1S/C22H24N4O3S/c1-16(27)17-5-2-6-18(15-17)29-14-4-8-20(28)25-10-12-26(13-11-25)22-24-19-7-3-9-23-21(19)30-22/h2-3,5-7,9,15H,4,8,10-14H2,1H3. The molecule has 7 nitrogen and oxygen atoms in total. The van der Waals surface area contributed by atoms with Gasteiger partial charge in [0.1, 0.15) is 16.1 Å². The highest BCUT2D eigenvalue weighted by Gasteiger charge is 2.23. The topological polar surface area (TPSA) is 75.6 Å². The Bertz CT molecular complexity index is 1010. The summed E-state index contributed by atoms with van der Waals surface area (Å²) in [6.45, 7) is 4.93. The highest BCUT2D eigenvalue weighted by molar-refractivity contribution is 7.21. The maximum Gasteiger partial charge on any atom is 0.222 e. The van der Waals surface area contributed by atoms with Crippen LogP contribution in [0.3, 0.4) is 0 Å². The Labute approximate surface area is 179 Å². The molecule has 0 N–H and O–H groups in total. The van der Waals surface area contributed by atoms with Gasteiger partial charge in [-0.15, -0.1) is 0 Å². The second kappa shape index (κ2) is 9.21. The summed E-state index contributed by atoms with van der Waals surface area (Å²) in [5, 5.41) is 0.969. The molecule has 0 atom stereocenters. The largest absolute Gasteiger partial charge is 0.494 e. The SMILES string of the molecule is CC(=O)c1cccc(OCCCC(=O)N2CCN(c3nc4cccnc4s3)CC2)c1. The second-order valence-electron chi connectivity index (χ2n) is 7.23. The Kier molecular flexibility index (Phi) is 6.23. The van der Waals surface area contributed by atoms with Gasteiger partial charge < -0.3 is 14.5 Å². The number of hydrogen-bond acceptors (Lipinski definition) is 7. The Morgan fingerprint density at radius 3 is 2.73 bits per heavy atom. The van der Waals surface area contributed by atoms with Crippen LogP contribution in [-0.2, 0) is 4.79 Å². The van der Waals surface area contributed by atoms with E-state index in [1.54, 1.807) is 35.7 Å². The molecular formula is C22H24N4O3S. The van der Waals surface area contributed by atoms with Gasteiger partial charge in [-0.2, -0.15) is 0 Å². The number of ether oxygens (including phenoxy) is 1. The molecular weight excluding hydrogens is 400 g/mol. The molecule has 1 amide bonds. The molecule has 3 aromatic rings. The Morgan fingerprint density at radius 1 is 1.13 bits per heavy atom. The summed E-state index contributed by atoms with van der Waals surface area (Å²) < 4.78 is 5.69. The number of carbonyl (C=O) groups is 2. The number of thiazole rings is 1. The van der Waals surface area contributed by atoms with Crippen LogP contribution in [-0.4, -0.2) is 59.3 Å². The van der Waals surface area contributed by atoms with Crippen molar-refractivity contribution in [1.82, 2.24) is 14.9 Å². The third kappa shape index (κ3) is 4.76. The number of anilines is 1. The van der Waals surface area contributed by atoms with E-state index in [1.807, 2.05) is 23.1 Å². The van der Waals surface area contributed by atoms with Crippen molar-refractivity contribution in [2.45, 2.75) is 19.8 Å². The number of piperazine rings is 1. The zero-order chi connectivity index (χ0) is 20.9. The van der Waals surface area contributed by atoms with Crippen molar-refractivity contribution in [1.29, 1.82) is 0 Å². The van der Waals surface area contributed by atoms with E-state index in [2.05, 4.69) is 14.9 Å². The molecule has 0 spiro atoms. The Hall–Kier alpha value is -3.00. The number of amides is 1. The summed E-state index contributed by atoms with van der Waals surface area (Å²) >= 11 is 1.59. The van der Waals surface area contributed by atoms with E-state index >= 15 is 0 Å². The number of hydrogen-bond donors (Lipinski definition) is 0. The molecule has 4 rings (SSSR count). The smallest absolute Gasteiger partial charge is 0.222 e. The zero-order valence-corrected chi connectivity index (χ0v) is 17.7. The zero-order valence-electron chi connectivity index (χ0n) is 16.9. The highest BCUT2D eigenvalue weighted by Crippen LogP contribution is 2.27. The van der Waals surface area contributed by atoms with Gasteiger partial charge in [0.25, 0.3) is 0 Å². The second-order valence-corrected chi connectivity index (χ2v) is 8.18. The third-order valence-electron chi connectivity index (χ3n) is 5.10. The molecule has 1 aliphatic heterocycles. The van der Waals surface area contributed by atoms with Crippen molar-refractivity contribution in [2.24, 2.45) is 0 Å². The fraction of sp³-hybridized carbons (Fsp3) is 0.364. The lowest BCUT2D eigenvalue weighted by atomic mass is 10.1. The van der Waals surface area contributed by atoms with Crippen LogP contribution < -0.4 is 9.64 Å². The van der Waals surface area contributed by atoms with Gasteiger partial charge in [0.2, 0.25) is 5.91 Å². The number of benzene rings is 1. The van der Waals surface area contributed by atoms with Gasteiger partial charge in [0.15, 0.2) is 10.9 Å². The van der Waals surface area contributed by atoms with Crippen molar-refractivity contribution in [3.63, 3.8) is 0 Å². The van der Waals surface area contributed by atoms with Crippen LogP contribution in [0.1, 0.15) is 30.1 Å². The monoisotopic (exact) mass is 424 g/mol. The first-order valence-corrected chi connectivity index (χ1v) is 10.9. The minimum atomic E-state index is 0.0110. The van der Waals surface area contributed by atoms with Crippen LogP contribution in [0.25, 0.3) is 10.3 Å². The van der Waals surface area contributed by atoms with Crippen molar-refractivity contribution in [2.75, 3.05) is 37.7 Å². The first-order valence-electron chi connectivity index (χ1n) is 10.1. The quantitative estimate of drug-likeness (QED) is 0.427. The normalized spacial score (nSPS) is 14.2. The van der Waals surface area contributed by atoms with Gasteiger partial charge in [0.05, 0.1) is 6.61 Å². The molecule has 2 aromatic heterocycles. The fourth-order valence-corrected chi connectivity index (χ4v) is 4.38. The van der Waals surface area contributed by atoms with Crippen molar-refractivity contribution in [3.05, 3.63) is 48.2 Å². The lowest BCUT2D eigenvalue weighted by molar-refractivity contribution is -0.131. The van der Waals surface area contributed by atoms with Gasteiger partial charge in [0, 0.05) is 44.4 Å². The molecule has 1 aliphatic rings. The number of aromatic nitrogens is 2. The molecule has 156 valence electrons. The summed E-state index contributed by atoms with van der Waals surface area (Å²) in [6, 6.07) is 11.0. The predicted molar refractivity (Wildman–Crippen MR) is 117 cm³/mol. The van der Waals surface area contributed by atoms with E-state index in [0.717, 1.165) is 28.6 Å². The number of rotatable bonds is 7. The molecule has 3 heterocycles. The van der Waals surface area contributed by atoms with Crippen LogP contribution in [0.5, 0.6) is 5.75 Å². The molecule has 0 saturated carbocycles. The van der Waals surface area contributed by atoms with Gasteiger partial charge in [-0.1, -0.05) is 23.5 Å². The molecule has 1 saturated heterocycles. The molecule has 0 radical (unpaired) electrons. The van der Waals surface area contributed by atoms with E-state index < -0.39 is 0 Å². The average molecular weight is 425 g/mol. The fourth-order valence-electron chi connectivity index (χ4n) is 3.42. The predicted octanol–water partition coefficient (Wildman–Crippen LogP) is 3.40. The molecule has 0 bridgehead atoms. The van der Waals surface area contributed by atoms with Gasteiger partial charge in [-0.3, -0.25) is 9.59 Å². The lowest BCUT2D eigenvalue weighted by Gasteiger charge is -2.34. The van der Waals surface area contributed by atoms with Crippen molar-refractivity contribution in [3.8, 4) is 5.75 Å². The van der Waals surface area contributed by atoms with E-state index in [4.69, 9.17) is 4.74 Å². The summed E-state index contributed by atoms with van der Waals surface area (Å²) in [5.74, 6) is 0.827. The molecule has 0 unspecified atom stereocenters. The summed E-state index contributed by atoms with van der Waals surface area (Å²) in [7, 11) is 0. The lowest BCUT2D eigenvalue weighted by Crippen LogP contribution is -2.48. The van der Waals surface area contributed by atoms with E-state index in [0.29, 0.717) is 43.9 Å². The molecule has 1 fully saturated rings. The van der Waals surface area contributed by atoms with Crippen molar-refractivity contribution < 1.29 is 14.3 Å². The van der Waals surface area contributed by atoms with Crippen LogP contribution in [0.4, 0.5) is 5.13 Å². The molecule has 1 aromatic carbocycles. The Balaban J connectivity index is 1.21. The van der Waals surface area contributed by atoms with E-state index in [9.17, 15) is 9.59 Å². The van der Waals surface area contributed by atoms with Crippen LogP contribution in [0, 0.1) is 0 Å². The Morgan fingerprint density at radius 2 is 1.97 bits per heavy atom. The van der Waals surface area contributed by atoms with Gasteiger partial charge in [-0.05, 0) is 37.6 Å². The molecule has 0 aliphatic carbocycles. The van der Waals surface area contributed by atoms with Gasteiger partial charge >= 0.3 is 0 Å². The van der Waals surface area contributed by atoms with Crippen LogP contribution in [0.2, 0.25) is 0 Å². The highest BCUT2D eigenvalue weighted by atomic mass is 32.1. The number of fused-ring (bicyclic) bond motifs is 1. The minimum absolute atomic E-state index is 0.0110. The van der Waals surface area contributed by atoms with Crippen molar-refractivity contribution >= 4 is 38.5 Å². The van der Waals surface area contributed by atoms with Crippen LogP contribution in [0.15, 0.2) is 42.6 Å². The summed E-state index contributed by atoms with van der Waals surface area (Å²) in [4.78, 5) is 38.0. The summed E-state index contributed by atoms with van der Waals surface area (Å²) in [5.41, 5.74) is 1.55. The average Bonchev–Trinajstić information content (AvgIpc) is 3.21. The third-order valence-corrected chi connectivity index (χ3v) is 6.14. The van der Waals surface area contributed by atoms with Crippen LogP contribution >= 0.6 is 11.3 Å². The van der Waals surface area contributed by atoms with Gasteiger partial charge in [-0.25, -0.2) is 9.97 Å². The first kappa shape index (κ1) is 20.3. The van der Waals surface area contributed by atoms with E-state index in [-0.39, 0.29) is 11.7 Å². The number of ketones is 1. The van der Waals surface area contributed by atoms with E-state index in [1.165, 1.54) is 6.92 Å². The number of Topliss-reactive ketones (excluding diaryl/α,β-unsaturated/α-hetero) is 1. The number of nitrogens with zero attached hydrogens (tertiary/aromatic N) is 4. The molecule has 30 heavy (non-hydrogen) atoms. The maximum atomic E-state index is 12.5. The maximum absolute atomic E-state index is 12.5. The first-order chi connectivity index (χ1) is 14.6. The molecule has 8 heteroatoms.